The zero-order valence-electron chi connectivity index (χ0n) is 8.98. The number of hydrogen-bond acceptors (Lipinski definition) is 4. The first-order valence-electron chi connectivity index (χ1n) is 3.98. The van der Waals surface area contributed by atoms with Crippen molar-refractivity contribution in [1.29, 1.82) is 10.5 Å². The van der Waals surface area contributed by atoms with Gasteiger partial charge in [0, 0.05) is 13.8 Å². The molecular formula is C9H17N3O2. The average Bonchev–Trinajstić information content (AvgIpc) is 2.05. The Hall–Kier alpha value is -1.59. The summed E-state index contributed by atoms with van der Waals surface area (Å²) in [6.45, 7) is 6.41. The Morgan fingerprint density at radius 1 is 1.29 bits per heavy atom. The van der Waals surface area contributed by atoms with E-state index >= 15 is 0 Å². The molecule has 0 heterocycles. The SMILES string of the molecule is CC#N.CC#N.CC(C)[C@H](N)C(=O)O. The highest BCUT2D eigenvalue weighted by Gasteiger charge is 2.14. The molecule has 0 aromatic heterocycles. The molecule has 0 unspecified atom stereocenters. The monoisotopic (exact) mass is 199 g/mol. The molecule has 0 rings (SSSR count). The predicted molar refractivity (Wildman–Crippen MR) is 53.0 cm³/mol. The molecule has 0 fully saturated rings. The smallest absolute Gasteiger partial charge is 0.320 e. The first kappa shape index (κ1) is 18.2. The fourth-order valence-corrected chi connectivity index (χ4v) is 0.285. The van der Waals surface area contributed by atoms with Gasteiger partial charge in [-0.2, -0.15) is 10.5 Å². The van der Waals surface area contributed by atoms with Crippen LogP contribution in [0.3, 0.4) is 0 Å². The van der Waals surface area contributed by atoms with E-state index in [1.807, 2.05) is 0 Å². The number of aliphatic carboxylic acids is 1. The lowest BCUT2D eigenvalue weighted by Gasteiger charge is -2.07. The van der Waals surface area contributed by atoms with Gasteiger partial charge in [0.05, 0.1) is 12.1 Å². The number of carboxylic acid groups (broad SMARTS) is 1. The minimum atomic E-state index is -0.931. The molecule has 5 nitrogen and oxygen atoms in total. The Morgan fingerprint density at radius 2 is 1.50 bits per heavy atom. The van der Waals surface area contributed by atoms with Crippen LogP contribution >= 0.6 is 0 Å². The van der Waals surface area contributed by atoms with Crippen LogP contribution in [0.2, 0.25) is 0 Å². The molecule has 0 bridgehead atoms. The molecule has 0 aromatic rings. The van der Waals surface area contributed by atoms with E-state index in [2.05, 4.69) is 0 Å². The first-order valence-corrected chi connectivity index (χ1v) is 3.98. The van der Waals surface area contributed by atoms with Crippen LogP contribution in [0, 0.1) is 28.6 Å². The minimum Gasteiger partial charge on any atom is -0.480 e. The molecular weight excluding hydrogens is 182 g/mol. The van der Waals surface area contributed by atoms with Crippen LogP contribution in [0.15, 0.2) is 0 Å². The Kier molecular flexibility index (Phi) is 18.2. The molecule has 0 saturated heterocycles. The van der Waals surface area contributed by atoms with E-state index in [4.69, 9.17) is 21.4 Å². The average molecular weight is 199 g/mol. The fourth-order valence-electron chi connectivity index (χ4n) is 0.285. The summed E-state index contributed by atoms with van der Waals surface area (Å²) in [6, 6.07) is 2.79. The maximum Gasteiger partial charge on any atom is 0.320 e. The van der Waals surface area contributed by atoms with Crippen LogP contribution in [0.25, 0.3) is 0 Å². The van der Waals surface area contributed by atoms with E-state index in [1.165, 1.54) is 13.8 Å². The van der Waals surface area contributed by atoms with Crippen molar-refractivity contribution in [2.75, 3.05) is 0 Å². The van der Waals surface area contributed by atoms with Crippen molar-refractivity contribution < 1.29 is 9.90 Å². The lowest BCUT2D eigenvalue weighted by Crippen LogP contribution is -2.34. The molecule has 0 aliphatic carbocycles. The summed E-state index contributed by atoms with van der Waals surface area (Å²) in [7, 11) is 0. The second kappa shape index (κ2) is 14.0. The molecule has 80 valence electrons. The van der Waals surface area contributed by atoms with Gasteiger partial charge in [-0.15, -0.1) is 0 Å². The Bertz CT molecular complexity index is 201. The Balaban J connectivity index is -0.000000168. The van der Waals surface area contributed by atoms with Gasteiger partial charge < -0.3 is 10.8 Å². The summed E-state index contributed by atoms with van der Waals surface area (Å²) in [6.07, 6.45) is 0. The van der Waals surface area contributed by atoms with Gasteiger partial charge in [0.15, 0.2) is 0 Å². The number of rotatable bonds is 2. The maximum absolute atomic E-state index is 10.0. The number of nitrogens with zero attached hydrogens (tertiary/aromatic N) is 2. The fraction of sp³-hybridized carbons (Fsp3) is 0.667. The summed E-state index contributed by atoms with van der Waals surface area (Å²) in [4.78, 5) is 10.0. The van der Waals surface area contributed by atoms with Crippen molar-refractivity contribution in [3.63, 3.8) is 0 Å². The zero-order chi connectivity index (χ0) is 12.1. The van der Waals surface area contributed by atoms with E-state index in [0.29, 0.717) is 0 Å². The minimum absolute atomic E-state index is 0.0208. The van der Waals surface area contributed by atoms with Crippen molar-refractivity contribution in [3.05, 3.63) is 0 Å². The quantitative estimate of drug-likeness (QED) is 0.692. The van der Waals surface area contributed by atoms with Crippen molar-refractivity contribution >= 4 is 5.97 Å². The third-order valence-electron chi connectivity index (χ3n) is 1.00. The number of hydrogen-bond donors (Lipinski definition) is 2. The molecule has 14 heavy (non-hydrogen) atoms. The standard InChI is InChI=1S/C5H11NO2.2C2H3N/c1-3(2)4(6)5(7)8;2*1-2-3/h3-4H,6H2,1-2H3,(H,7,8);2*1H3/t4-;;/m0../s1. The second-order valence-electron chi connectivity index (χ2n) is 2.56. The molecule has 0 aliphatic rings. The Labute approximate surface area is 84.8 Å². The highest BCUT2D eigenvalue weighted by Crippen LogP contribution is 1.96. The highest BCUT2D eigenvalue weighted by atomic mass is 16.4. The van der Waals surface area contributed by atoms with E-state index < -0.39 is 12.0 Å². The van der Waals surface area contributed by atoms with Crippen LogP contribution in [-0.2, 0) is 4.79 Å². The number of nitrogens with two attached hydrogens (primary N) is 1. The normalized spacial score (nSPS) is 9.14. The van der Waals surface area contributed by atoms with Crippen molar-refractivity contribution in [1.82, 2.24) is 0 Å². The number of carboxylic acids is 1. The van der Waals surface area contributed by atoms with Gasteiger partial charge in [-0.05, 0) is 5.92 Å². The van der Waals surface area contributed by atoms with Gasteiger partial charge in [0.1, 0.15) is 6.04 Å². The zero-order valence-corrected chi connectivity index (χ0v) is 8.98. The van der Waals surface area contributed by atoms with Crippen LogP contribution in [-0.4, -0.2) is 17.1 Å². The molecule has 3 N–H and O–H groups in total. The lowest BCUT2D eigenvalue weighted by atomic mass is 10.1. The lowest BCUT2D eigenvalue weighted by molar-refractivity contribution is -0.139. The summed E-state index contributed by atoms with van der Waals surface area (Å²) in [5.41, 5.74) is 5.16. The first-order chi connectivity index (χ1) is 6.38. The largest absolute Gasteiger partial charge is 0.480 e. The van der Waals surface area contributed by atoms with E-state index in [1.54, 1.807) is 26.0 Å². The topological polar surface area (TPSA) is 111 Å². The summed E-state index contributed by atoms with van der Waals surface area (Å²) >= 11 is 0. The van der Waals surface area contributed by atoms with Crippen LogP contribution in [0.4, 0.5) is 0 Å². The molecule has 0 spiro atoms. The number of carbonyl (C=O) groups is 1. The third kappa shape index (κ3) is 22.4. The van der Waals surface area contributed by atoms with Gasteiger partial charge in [-0.1, -0.05) is 13.8 Å². The van der Waals surface area contributed by atoms with Gasteiger partial charge >= 0.3 is 5.97 Å². The second-order valence-corrected chi connectivity index (χ2v) is 2.56. The third-order valence-corrected chi connectivity index (χ3v) is 1.00. The molecule has 0 aromatic carbocycles. The van der Waals surface area contributed by atoms with Gasteiger partial charge in [0.25, 0.3) is 0 Å². The van der Waals surface area contributed by atoms with Gasteiger partial charge in [0.2, 0.25) is 0 Å². The summed E-state index contributed by atoms with van der Waals surface area (Å²) < 4.78 is 0. The van der Waals surface area contributed by atoms with Gasteiger partial charge in [-0.25, -0.2) is 0 Å². The van der Waals surface area contributed by atoms with E-state index in [-0.39, 0.29) is 5.92 Å². The maximum atomic E-state index is 10.0. The molecule has 1 atom stereocenters. The van der Waals surface area contributed by atoms with Crippen molar-refractivity contribution in [3.8, 4) is 12.1 Å². The van der Waals surface area contributed by atoms with Crippen LogP contribution in [0.5, 0.6) is 0 Å². The molecule has 0 radical (unpaired) electrons. The van der Waals surface area contributed by atoms with Gasteiger partial charge in [-0.3, -0.25) is 4.79 Å². The predicted octanol–water partition coefficient (Wildman–Crippen LogP) is 1.11. The van der Waals surface area contributed by atoms with Crippen molar-refractivity contribution in [2.24, 2.45) is 11.7 Å². The molecule has 0 aliphatic heterocycles. The van der Waals surface area contributed by atoms with Crippen LogP contribution < -0.4 is 5.73 Å². The highest BCUT2D eigenvalue weighted by molar-refractivity contribution is 5.73. The summed E-state index contributed by atoms with van der Waals surface area (Å²) in [5.74, 6) is -0.910. The van der Waals surface area contributed by atoms with Crippen molar-refractivity contribution in [2.45, 2.75) is 33.7 Å². The summed E-state index contributed by atoms with van der Waals surface area (Å²) in [5, 5.41) is 22.9. The van der Waals surface area contributed by atoms with E-state index in [0.717, 1.165) is 0 Å². The van der Waals surface area contributed by atoms with Crippen LogP contribution in [0.1, 0.15) is 27.7 Å². The molecule has 0 amide bonds. The Morgan fingerprint density at radius 3 is 1.50 bits per heavy atom. The molecule has 0 saturated carbocycles. The number of nitriles is 2. The van der Waals surface area contributed by atoms with E-state index in [9.17, 15) is 4.79 Å². The molecule has 5 heteroatoms.